The Morgan fingerprint density at radius 2 is 2.00 bits per heavy atom. The van der Waals surface area contributed by atoms with Gasteiger partial charge in [-0.25, -0.2) is 0 Å². The highest BCUT2D eigenvalue weighted by molar-refractivity contribution is 5.77. The Hall–Kier alpha value is -2.08. The molecule has 0 N–H and O–H groups in total. The van der Waals surface area contributed by atoms with E-state index < -0.39 is 0 Å². The second-order valence-corrected chi connectivity index (χ2v) is 7.67. The van der Waals surface area contributed by atoms with Crippen LogP contribution in [0.5, 0.6) is 5.75 Å². The van der Waals surface area contributed by atoms with E-state index in [0.29, 0.717) is 32.0 Å². The van der Waals surface area contributed by atoms with Crippen molar-refractivity contribution in [2.45, 2.75) is 44.9 Å². The number of aryl methyl sites for hydroxylation is 1. The molecule has 3 rings (SSSR count). The van der Waals surface area contributed by atoms with Gasteiger partial charge in [-0.2, -0.15) is 0 Å². The van der Waals surface area contributed by atoms with Gasteiger partial charge in [0.2, 0.25) is 5.91 Å². The van der Waals surface area contributed by atoms with Crippen LogP contribution in [0.1, 0.15) is 49.7 Å². The van der Waals surface area contributed by atoms with Crippen molar-refractivity contribution in [3.63, 3.8) is 0 Å². The molecule has 1 amide bonds. The summed E-state index contributed by atoms with van der Waals surface area (Å²) in [6, 6.07) is 6.25. The lowest BCUT2D eigenvalue weighted by Gasteiger charge is -2.28. The third kappa shape index (κ3) is 5.25. The average molecular weight is 389 g/mol. The van der Waals surface area contributed by atoms with Gasteiger partial charge >= 0.3 is 5.97 Å². The Labute approximate surface area is 167 Å². The Morgan fingerprint density at radius 3 is 2.79 bits per heavy atom. The highest BCUT2D eigenvalue weighted by Gasteiger charge is 2.27. The molecule has 1 aromatic rings. The van der Waals surface area contributed by atoms with Crippen molar-refractivity contribution < 1.29 is 19.1 Å². The standard InChI is InChI=1S/C22H32N2O4/c1-3-28-22(26)16-23-10-5-11-24(13-12-23)21(25)15-18-7-4-6-17-14-19(27-2)8-9-20(17)18/h8-9,14,18H,3-7,10-13,15-16H2,1-2H3. The van der Waals surface area contributed by atoms with E-state index in [2.05, 4.69) is 17.0 Å². The molecule has 6 nitrogen and oxygen atoms in total. The van der Waals surface area contributed by atoms with E-state index in [1.54, 1.807) is 7.11 Å². The van der Waals surface area contributed by atoms with Crippen LogP contribution in [-0.2, 0) is 20.7 Å². The lowest BCUT2D eigenvalue weighted by atomic mass is 9.80. The quantitative estimate of drug-likeness (QED) is 0.701. The molecule has 6 heteroatoms. The SMILES string of the molecule is CCOC(=O)CN1CCCN(C(=O)CC2CCCc3cc(OC)ccc32)CC1. The topological polar surface area (TPSA) is 59.1 Å². The molecule has 28 heavy (non-hydrogen) atoms. The molecule has 1 aliphatic heterocycles. The summed E-state index contributed by atoms with van der Waals surface area (Å²) < 4.78 is 10.4. The summed E-state index contributed by atoms with van der Waals surface area (Å²) >= 11 is 0. The minimum absolute atomic E-state index is 0.184. The van der Waals surface area contributed by atoms with Gasteiger partial charge in [-0.15, -0.1) is 0 Å². The van der Waals surface area contributed by atoms with Gasteiger partial charge in [0.25, 0.3) is 0 Å². The number of fused-ring (bicyclic) bond motifs is 1. The summed E-state index contributed by atoms with van der Waals surface area (Å²) in [5.74, 6) is 1.23. The predicted molar refractivity (Wildman–Crippen MR) is 108 cm³/mol. The molecular weight excluding hydrogens is 356 g/mol. The molecule has 0 aromatic heterocycles. The summed E-state index contributed by atoms with van der Waals surface area (Å²) in [7, 11) is 1.69. The zero-order chi connectivity index (χ0) is 19.9. The Balaban J connectivity index is 1.56. The number of amides is 1. The number of methoxy groups -OCH3 is 1. The van der Waals surface area contributed by atoms with Crippen LogP contribution in [0.2, 0.25) is 0 Å². The van der Waals surface area contributed by atoms with Gasteiger partial charge in [-0.05, 0) is 61.8 Å². The van der Waals surface area contributed by atoms with Gasteiger partial charge < -0.3 is 14.4 Å². The van der Waals surface area contributed by atoms with Crippen LogP contribution in [-0.4, -0.2) is 68.1 Å². The number of benzene rings is 1. The maximum absolute atomic E-state index is 13.0. The molecule has 1 heterocycles. The van der Waals surface area contributed by atoms with Gasteiger partial charge in [-0.1, -0.05) is 6.07 Å². The van der Waals surface area contributed by atoms with Gasteiger partial charge in [0.15, 0.2) is 0 Å². The average Bonchev–Trinajstić information content (AvgIpc) is 2.93. The third-order valence-electron chi connectivity index (χ3n) is 5.81. The Bertz CT molecular complexity index is 691. The second kappa shape index (κ2) is 9.92. The molecule has 0 saturated carbocycles. The summed E-state index contributed by atoms with van der Waals surface area (Å²) in [6.07, 6.45) is 4.70. The van der Waals surface area contributed by atoms with Gasteiger partial charge in [0, 0.05) is 32.6 Å². The molecule has 1 saturated heterocycles. The number of hydrogen-bond acceptors (Lipinski definition) is 5. The number of carbonyl (C=O) groups excluding carboxylic acids is 2. The minimum atomic E-state index is -0.184. The van der Waals surface area contributed by atoms with Crippen molar-refractivity contribution in [2.24, 2.45) is 0 Å². The number of rotatable bonds is 6. The fourth-order valence-electron chi connectivity index (χ4n) is 4.34. The maximum Gasteiger partial charge on any atom is 0.320 e. The Kier molecular flexibility index (Phi) is 7.31. The third-order valence-corrected chi connectivity index (χ3v) is 5.81. The number of esters is 1. The van der Waals surface area contributed by atoms with Crippen molar-refractivity contribution in [1.82, 2.24) is 9.80 Å². The monoisotopic (exact) mass is 388 g/mol. The fraction of sp³-hybridized carbons (Fsp3) is 0.636. The van der Waals surface area contributed by atoms with Gasteiger partial charge in [-0.3, -0.25) is 14.5 Å². The second-order valence-electron chi connectivity index (χ2n) is 7.67. The summed E-state index contributed by atoms with van der Waals surface area (Å²) in [5.41, 5.74) is 2.62. The number of nitrogens with zero attached hydrogens (tertiary/aromatic N) is 2. The van der Waals surface area contributed by atoms with Crippen molar-refractivity contribution in [2.75, 3.05) is 46.4 Å². The van der Waals surface area contributed by atoms with E-state index in [9.17, 15) is 9.59 Å². The molecule has 1 aliphatic carbocycles. The summed E-state index contributed by atoms with van der Waals surface area (Å²) in [5, 5.41) is 0. The smallest absolute Gasteiger partial charge is 0.320 e. The minimum Gasteiger partial charge on any atom is -0.497 e. The van der Waals surface area contributed by atoms with E-state index in [0.717, 1.165) is 51.1 Å². The summed E-state index contributed by atoms with van der Waals surface area (Å²) in [6.45, 7) is 5.54. The molecule has 0 radical (unpaired) electrons. The molecule has 0 spiro atoms. The van der Waals surface area contributed by atoms with Crippen LogP contribution in [0.15, 0.2) is 18.2 Å². The van der Waals surface area contributed by atoms with Crippen LogP contribution in [0, 0.1) is 0 Å². The van der Waals surface area contributed by atoms with E-state index >= 15 is 0 Å². The van der Waals surface area contributed by atoms with Crippen molar-refractivity contribution in [1.29, 1.82) is 0 Å². The first-order valence-electron chi connectivity index (χ1n) is 10.4. The number of hydrogen-bond donors (Lipinski definition) is 0. The first-order chi connectivity index (χ1) is 13.6. The molecule has 1 atom stereocenters. The predicted octanol–water partition coefficient (Wildman–Crippen LogP) is 2.60. The molecule has 1 unspecified atom stereocenters. The highest BCUT2D eigenvalue weighted by Crippen LogP contribution is 2.36. The van der Waals surface area contributed by atoms with Crippen LogP contribution in [0.3, 0.4) is 0 Å². The normalized spacial score (nSPS) is 20.2. The van der Waals surface area contributed by atoms with Gasteiger partial charge in [0.1, 0.15) is 5.75 Å². The highest BCUT2D eigenvalue weighted by atomic mass is 16.5. The van der Waals surface area contributed by atoms with E-state index in [1.165, 1.54) is 11.1 Å². The molecule has 1 aromatic carbocycles. The zero-order valence-corrected chi connectivity index (χ0v) is 17.1. The molecule has 1 fully saturated rings. The van der Waals surface area contributed by atoms with E-state index in [4.69, 9.17) is 9.47 Å². The van der Waals surface area contributed by atoms with Crippen molar-refractivity contribution in [3.05, 3.63) is 29.3 Å². The number of ether oxygens (including phenoxy) is 2. The Morgan fingerprint density at radius 1 is 1.14 bits per heavy atom. The van der Waals surface area contributed by atoms with Gasteiger partial charge in [0.05, 0.1) is 20.3 Å². The molecular formula is C22H32N2O4. The summed E-state index contributed by atoms with van der Waals surface area (Å²) in [4.78, 5) is 28.8. The largest absolute Gasteiger partial charge is 0.497 e. The first kappa shape index (κ1) is 20.6. The first-order valence-corrected chi connectivity index (χ1v) is 10.4. The van der Waals surface area contributed by atoms with Crippen molar-refractivity contribution >= 4 is 11.9 Å². The zero-order valence-electron chi connectivity index (χ0n) is 17.1. The van der Waals surface area contributed by atoms with E-state index in [-0.39, 0.29) is 11.9 Å². The van der Waals surface area contributed by atoms with Crippen LogP contribution >= 0.6 is 0 Å². The lowest BCUT2D eigenvalue weighted by Crippen LogP contribution is -2.37. The maximum atomic E-state index is 13.0. The van der Waals surface area contributed by atoms with Crippen LogP contribution in [0.25, 0.3) is 0 Å². The number of carbonyl (C=O) groups is 2. The van der Waals surface area contributed by atoms with Crippen LogP contribution in [0.4, 0.5) is 0 Å². The molecule has 2 aliphatic rings. The van der Waals surface area contributed by atoms with Crippen molar-refractivity contribution in [3.8, 4) is 5.75 Å². The lowest BCUT2D eigenvalue weighted by molar-refractivity contribution is -0.144. The van der Waals surface area contributed by atoms with Crippen LogP contribution < -0.4 is 4.74 Å². The fourth-order valence-corrected chi connectivity index (χ4v) is 4.34. The van der Waals surface area contributed by atoms with E-state index in [1.807, 2.05) is 17.9 Å². The molecule has 0 bridgehead atoms. The molecule has 154 valence electrons.